The first-order valence-corrected chi connectivity index (χ1v) is 5.18. The number of aryl methyl sites for hydroxylation is 1. The minimum Gasteiger partial charge on any atom is -0.506 e. The van der Waals surface area contributed by atoms with Gasteiger partial charge in [-0.3, -0.25) is 4.98 Å². The Kier molecular flexibility index (Phi) is 2.04. The third kappa shape index (κ3) is 1.44. The molecule has 0 aliphatic heterocycles. The predicted molar refractivity (Wildman–Crippen MR) is 63.4 cm³/mol. The van der Waals surface area contributed by atoms with Gasteiger partial charge in [0.05, 0.1) is 17.3 Å². The first-order chi connectivity index (χ1) is 8.27. The SMILES string of the molecule is Cn1c(-c2ccncc2O)nc2ncccc21. The number of hydrogen-bond donors (Lipinski definition) is 1. The van der Waals surface area contributed by atoms with Crippen LogP contribution in [0.15, 0.2) is 36.8 Å². The number of aromatic hydroxyl groups is 1. The van der Waals surface area contributed by atoms with E-state index in [1.807, 2.05) is 23.7 Å². The third-order valence-corrected chi connectivity index (χ3v) is 2.70. The lowest BCUT2D eigenvalue weighted by Gasteiger charge is -2.03. The van der Waals surface area contributed by atoms with Crippen LogP contribution < -0.4 is 0 Å². The van der Waals surface area contributed by atoms with E-state index in [0.29, 0.717) is 17.0 Å². The highest BCUT2D eigenvalue weighted by Crippen LogP contribution is 2.28. The molecule has 0 aliphatic carbocycles. The van der Waals surface area contributed by atoms with E-state index in [-0.39, 0.29) is 5.75 Å². The average molecular weight is 226 g/mol. The Labute approximate surface area is 97.4 Å². The van der Waals surface area contributed by atoms with Gasteiger partial charge in [-0.1, -0.05) is 0 Å². The van der Waals surface area contributed by atoms with Crippen LogP contribution in [0.3, 0.4) is 0 Å². The Morgan fingerprint density at radius 2 is 2.12 bits per heavy atom. The molecule has 84 valence electrons. The largest absolute Gasteiger partial charge is 0.506 e. The maximum Gasteiger partial charge on any atom is 0.178 e. The molecule has 5 nitrogen and oxygen atoms in total. The summed E-state index contributed by atoms with van der Waals surface area (Å²) in [6.07, 6.45) is 4.73. The number of rotatable bonds is 1. The lowest BCUT2D eigenvalue weighted by atomic mass is 10.2. The first-order valence-electron chi connectivity index (χ1n) is 5.18. The molecule has 0 saturated heterocycles. The summed E-state index contributed by atoms with van der Waals surface area (Å²) in [6.45, 7) is 0. The van der Waals surface area contributed by atoms with Crippen molar-refractivity contribution in [1.29, 1.82) is 0 Å². The molecule has 0 aliphatic rings. The maximum absolute atomic E-state index is 9.78. The molecule has 0 amide bonds. The lowest BCUT2D eigenvalue weighted by Crippen LogP contribution is -1.92. The summed E-state index contributed by atoms with van der Waals surface area (Å²) in [5.74, 6) is 0.796. The molecule has 0 spiro atoms. The fourth-order valence-electron chi connectivity index (χ4n) is 1.84. The van der Waals surface area contributed by atoms with E-state index in [4.69, 9.17) is 0 Å². The molecule has 0 aromatic carbocycles. The molecule has 17 heavy (non-hydrogen) atoms. The third-order valence-electron chi connectivity index (χ3n) is 2.70. The number of nitrogens with zero attached hydrogens (tertiary/aromatic N) is 4. The number of hydrogen-bond acceptors (Lipinski definition) is 4. The van der Waals surface area contributed by atoms with E-state index >= 15 is 0 Å². The Morgan fingerprint density at radius 1 is 1.24 bits per heavy atom. The van der Waals surface area contributed by atoms with Gasteiger partial charge in [0, 0.05) is 19.4 Å². The molecule has 3 aromatic heterocycles. The van der Waals surface area contributed by atoms with Crippen LogP contribution in [0, 0.1) is 0 Å². The van der Waals surface area contributed by atoms with Crippen molar-refractivity contribution in [1.82, 2.24) is 19.5 Å². The smallest absolute Gasteiger partial charge is 0.178 e. The fraction of sp³-hybridized carbons (Fsp3) is 0.0833. The summed E-state index contributed by atoms with van der Waals surface area (Å²) in [5.41, 5.74) is 2.25. The molecule has 0 atom stereocenters. The Hall–Kier alpha value is -2.43. The highest BCUT2D eigenvalue weighted by molar-refractivity contribution is 5.78. The summed E-state index contributed by atoms with van der Waals surface area (Å²) in [7, 11) is 1.90. The maximum atomic E-state index is 9.78. The summed E-state index contributed by atoms with van der Waals surface area (Å²) >= 11 is 0. The van der Waals surface area contributed by atoms with E-state index < -0.39 is 0 Å². The quantitative estimate of drug-likeness (QED) is 0.686. The fourth-order valence-corrected chi connectivity index (χ4v) is 1.84. The predicted octanol–water partition coefficient (Wildman–Crippen LogP) is 1.74. The highest BCUT2D eigenvalue weighted by Gasteiger charge is 2.13. The van der Waals surface area contributed by atoms with Crippen molar-refractivity contribution < 1.29 is 5.11 Å². The van der Waals surface area contributed by atoms with Crippen LogP contribution in [0.4, 0.5) is 0 Å². The van der Waals surface area contributed by atoms with Gasteiger partial charge in [0.2, 0.25) is 0 Å². The van der Waals surface area contributed by atoms with Crippen molar-refractivity contribution in [2.24, 2.45) is 7.05 Å². The Balaban J connectivity index is 2.32. The minimum atomic E-state index is 0.117. The van der Waals surface area contributed by atoms with Crippen molar-refractivity contribution in [3.8, 4) is 17.1 Å². The van der Waals surface area contributed by atoms with E-state index in [9.17, 15) is 5.11 Å². The van der Waals surface area contributed by atoms with Crippen molar-refractivity contribution in [3.05, 3.63) is 36.8 Å². The first kappa shape index (κ1) is 9.77. The molecule has 5 heteroatoms. The van der Waals surface area contributed by atoms with Crippen LogP contribution in [-0.4, -0.2) is 24.6 Å². The van der Waals surface area contributed by atoms with Crippen LogP contribution in [0.5, 0.6) is 5.75 Å². The molecule has 0 bridgehead atoms. The molecule has 1 N–H and O–H groups in total. The molecule has 3 heterocycles. The van der Waals surface area contributed by atoms with Crippen LogP contribution in [-0.2, 0) is 7.05 Å². The molecule has 0 unspecified atom stereocenters. The number of imidazole rings is 1. The van der Waals surface area contributed by atoms with Crippen LogP contribution in [0.25, 0.3) is 22.6 Å². The van der Waals surface area contributed by atoms with Gasteiger partial charge in [-0.15, -0.1) is 0 Å². The summed E-state index contributed by atoms with van der Waals surface area (Å²) in [6, 6.07) is 5.54. The molecular weight excluding hydrogens is 216 g/mol. The van der Waals surface area contributed by atoms with Crippen molar-refractivity contribution in [3.63, 3.8) is 0 Å². The van der Waals surface area contributed by atoms with Gasteiger partial charge in [0.1, 0.15) is 11.6 Å². The van der Waals surface area contributed by atoms with Crippen LogP contribution in [0.2, 0.25) is 0 Å². The number of aromatic nitrogens is 4. The Bertz CT molecular complexity index is 690. The van der Waals surface area contributed by atoms with Crippen molar-refractivity contribution >= 4 is 11.2 Å². The second kappa shape index (κ2) is 3.55. The van der Waals surface area contributed by atoms with Crippen LogP contribution >= 0.6 is 0 Å². The molecule has 3 aromatic rings. The van der Waals surface area contributed by atoms with E-state index in [0.717, 1.165) is 5.52 Å². The monoisotopic (exact) mass is 226 g/mol. The number of pyridine rings is 2. The summed E-state index contributed by atoms with van der Waals surface area (Å²) < 4.78 is 1.90. The van der Waals surface area contributed by atoms with Gasteiger partial charge in [-0.25, -0.2) is 9.97 Å². The standard InChI is InChI=1S/C12H10N4O/c1-16-9-3-2-5-14-11(9)15-12(16)8-4-6-13-7-10(8)17/h2-7,17H,1H3. The zero-order valence-corrected chi connectivity index (χ0v) is 9.20. The number of fused-ring (bicyclic) bond motifs is 1. The minimum absolute atomic E-state index is 0.117. The topological polar surface area (TPSA) is 63.8 Å². The molecule has 3 rings (SSSR count). The Morgan fingerprint density at radius 3 is 2.88 bits per heavy atom. The highest BCUT2D eigenvalue weighted by atomic mass is 16.3. The summed E-state index contributed by atoms with van der Waals surface area (Å²) in [5, 5.41) is 9.78. The van der Waals surface area contributed by atoms with Crippen molar-refractivity contribution in [2.45, 2.75) is 0 Å². The second-order valence-corrected chi connectivity index (χ2v) is 3.73. The molecule has 0 fully saturated rings. The van der Waals surface area contributed by atoms with Crippen molar-refractivity contribution in [2.75, 3.05) is 0 Å². The summed E-state index contributed by atoms with van der Waals surface area (Å²) in [4.78, 5) is 12.4. The van der Waals surface area contributed by atoms with E-state index in [1.165, 1.54) is 6.20 Å². The van der Waals surface area contributed by atoms with E-state index in [2.05, 4.69) is 15.0 Å². The van der Waals surface area contributed by atoms with Gasteiger partial charge in [0.25, 0.3) is 0 Å². The van der Waals surface area contributed by atoms with Gasteiger partial charge in [-0.05, 0) is 18.2 Å². The van der Waals surface area contributed by atoms with E-state index in [1.54, 1.807) is 18.5 Å². The van der Waals surface area contributed by atoms with Gasteiger partial charge >= 0.3 is 0 Å². The zero-order valence-electron chi connectivity index (χ0n) is 9.20. The normalized spacial score (nSPS) is 10.9. The van der Waals surface area contributed by atoms with Crippen LogP contribution in [0.1, 0.15) is 0 Å². The zero-order chi connectivity index (χ0) is 11.8. The van der Waals surface area contributed by atoms with Gasteiger partial charge < -0.3 is 9.67 Å². The lowest BCUT2D eigenvalue weighted by molar-refractivity contribution is 0.474. The molecule has 0 radical (unpaired) electrons. The molecule has 0 saturated carbocycles. The second-order valence-electron chi connectivity index (χ2n) is 3.73. The average Bonchev–Trinajstić information content (AvgIpc) is 2.68. The van der Waals surface area contributed by atoms with Gasteiger partial charge in [-0.2, -0.15) is 0 Å². The van der Waals surface area contributed by atoms with Gasteiger partial charge in [0.15, 0.2) is 5.65 Å². The molecular formula is C12H10N4O.